The number of carboxylic acid groups (broad SMARTS) is 1. The molecule has 0 bridgehead atoms. The van der Waals surface area contributed by atoms with Crippen LogP contribution >= 0.6 is 11.3 Å². The summed E-state index contributed by atoms with van der Waals surface area (Å²) < 4.78 is 0. The first kappa shape index (κ1) is 13.6. The Hall–Kier alpha value is -0.870. The zero-order valence-electron chi connectivity index (χ0n) is 10.9. The minimum Gasteiger partial charge on any atom is -0.481 e. The van der Waals surface area contributed by atoms with E-state index in [0.717, 1.165) is 32.2 Å². The van der Waals surface area contributed by atoms with E-state index in [4.69, 9.17) is 0 Å². The Morgan fingerprint density at radius 3 is 2.72 bits per heavy atom. The number of rotatable bonds is 5. The molecule has 0 radical (unpaired) electrons. The maximum Gasteiger partial charge on any atom is 0.310 e. The average molecular weight is 267 g/mol. The van der Waals surface area contributed by atoms with Crippen LogP contribution in [0.15, 0.2) is 16.8 Å². The molecule has 0 atom stereocenters. The largest absolute Gasteiger partial charge is 0.481 e. The van der Waals surface area contributed by atoms with Gasteiger partial charge in [0.1, 0.15) is 0 Å². The van der Waals surface area contributed by atoms with Crippen molar-refractivity contribution < 1.29 is 9.90 Å². The maximum atomic E-state index is 11.6. The van der Waals surface area contributed by atoms with E-state index >= 15 is 0 Å². The standard InChI is InChI=1S/C14H21NO2S/c1-15(9-12-5-8-18-10-12)11-14(13(16)17)6-3-2-4-7-14/h5,8,10H,2-4,6-7,9,11H2,1H3,(H,16,17). The second-order valence-electron chi connectivity index (χ2n) is 5.45. The summed E-state index contributed by atoms with van der Waals surface area (Å²) in [5.74, 6) is -0.612. The van der Waals surface area contributed by atoms with Gasteiger partial charge in [-0.25, -0.2) is 0 Å². The molecule has 1 aromatic heterocycles. The fourth-order valence-corrected chi connectivity index (χ4v) is 3.59. The number of carboxylic acids is 1. The molecular formula is C14H21NO2S. The fourth-order valence-electron chi connectivity index (χ4n) is 2.94. The van der Waals surface area contributed by atoms with E-state index in [0.29, 0.717) is 6.54 Å². The molecular weight excluding hydrogens is 246 g/mol. The molecule has 0 amide bonds. The number of carbonyl (C=O) groups is 1. The number of hydrogen-bond donors (Lipinski definition) is 1. The summed E-state index contributed by atoms with van der Waals surface area (Å²) in [6, 6.07) is 2.11. The van der Waals surface area contributed by atoms with Crippen molar-refractivity contribution in [3.05, 3.63) is 22.4 Å². The fraction of sp³-hybridized carbons (Fsp3) is 0.643. The Morgan fingerprint density at radius 2 is 2.17 bits per heavy atom. The number of hydrogen-bond acceptors (Lipinski definition) is 3. The van der Waals surface area contributed by atoms with Gasteiger partial charge in [-0.05, 0) is 42.3 Å². The highest BCUT2D eigenvalue weighted by Crippen LogP contribution is 2.37. The Labute approximate surface area is 112 Å². The molecule has 0 aliphatic heterocycles. The summed E-state index contributed by atoms with van der Waals surface area (Å²) in [5.41, 5.74) is 0.766. The summed E-state index contributed by atoms with van der Waals surface area (Å²) in [7, 11) is 2.02. The molecule has 1 fully saturated rings. The van der Waals surface area contributed by atoms with Crippen LogP contribution in [-0.4, -0.2) is 29.6 Å². The lowest BCUT2D eigenvalue weighted by Crippen LogP contribution is -2.43. The summed E-state index contributed by atoms with van der Waals surface area (Å²) in [6.07, 6.45) is 4.95. The molecule has 2 rings (SSSR count). The van der Waals surface area contributed by atoms with E-state index in [1.807, 2.05) is 7.05 Å². The smallest absolute Gasteiger partial charge is 0.310 e. The maximum absolute atomic E-state index is 11.6. The molecule has 100 valence electrons. The lowest BCUT2D eigenvalue weighted by molar-refractivity contribution is -0.152. The van der Waals surface area contributed by atoms with E-state index in [1.54, 1.807) is 11.3 Å². The third-order valence-electron chi connectivity index (χ3n) is 3.87. The Morgan fingerprint density at radius 1 is 1.44 bits per heavy atom. The first-order chi connectivity index (χ1) is 8.62. The minimum absolute atomic E-state index is 0.511. The molecule has 1 saturated carbocycles. The molecule has 18 heavy (non-hydrogen) atoms. The first-order valence-electron chi connectivity index (χ1n) is 6.55. The van der Waals surface area contributed by atoms with Crippen molar-refractivity contribution in [2.24, 2.45) is 5.41 Å². The SMILES string of the molecule is CN(Cc1ccsc1)CC1(C(=O)O)CCCCC1. The van der Waals surface area contributed by atoms with E-state index in [9.17, 15) is 9.90 Å². The normalized spacial score (nSPS) is 19.0. The van der Waals surface area contributed by atoms with Gasteiger partial charge in [-0.1, -0.05) is 19.3 Å². The average Bonchev–Trinajstić information content (AvgIpc) is 2.82. The van der Waals surface area contributed by atoms with Crippen molar-refractivity contribution in [1.29, 1.82) is 0 Å². The molecule has 0 spiro atoms. The van der Waals surface area contributed by atoms with Gasteiger partial charge in [-0.3, -0.25) is 4.79 Å². The number of aliphatic carboxylic acids is 1. The summed E-state index contributed by atoms with van der Waals surface area (Å²) >= 11 is 1.69. The van der Waals surface area contributed by atoms with Gasteiger partial charge >= 0.3 is 5.97 Å². The van der Waals surface area contributed by atoms with Gasteiger partial charge in [0, 0.05) is 13.1 Å². The zero-order chi connectivity index (χ0) is 13.0. The van der Waals surface area contributed by atoms with Crippen LogP contribution in [0.3, 0.4) is 0 Å². The van der Waals surface area contributed by atoms with Gasteiger partial charge in [0.25, 0.3) is 0 Å². The first-order valence-corrected chi connectivity index (χ1v) is 7.50. The summed E-state index contributed by atoms with van der Waals surface area (Å²) in [5, 5.41) is 13.7. The topological polar surface area (TPSA) is 40.5 Å². The monoisotopic (exact) mass is 267 g/mol. The van der Waals surface area contributed by atoms with Crippen molar-refractivity contribution in [2.75, 3.05) is 13.6 Å². The molecule has 1 N–H and O–H groups in total. The second-order valence-corrected chi connectivity index (χ2v) is 6.23. The zero-order valence-corrected chi connectivity index (χ0v) is 11.7. The van der Waals surface area contributed by atoms with E-state index in [1.165, 1.54) is 12.0 Å². The van der Waals surface area contributed by atoms with Crippen LogP contribution in [0.5, 0.6) is 0 Å². The van der Waals surface area contributed by atoms with Gasteiger partial charge in [0.15, 0.2) is 0 Å². The molecule has 0 saturated heterocycles. The molecule has 1 aliphatic rings. The van der Waals surface area contributed by atoms with Crippen LogP contribution in [0.1, 0.15) is 37.7 Å². The van der Waals surface area contributed by atoms with Crippen LogP contribution < -0.4 is 0 Å². The van der Waals surface area contributed by atoms with Crippen molar-refractivity contribution in [3.8, 4) is 0 Å². The predicted octanol–water partition coefficient (Wildman–Crippen LogP) is 3.22. The van der Waals surface area contributed by atoms with Gasteiger partial charge in [-0.15, -0.1) is 0 Å². The molecule has 1 heterocycles. The highest BCUT2D eigenvalue weighted by Gasteiger charge is 2.40. The highest BCUT2D eigenvalue weighted by atomic mass is 32.1. The summed E-state index contributed by atoms with van der Waals surface area (Å²) in [4.78, 5) is 13.7. The van der Waals surface area contributed by atoms with E-state index in [2.05, 4.69) is 21.7 Å². The van der Waals surface area contributed by atoms with Gasteiger partial charge < -0.3 is 10.0 Å². The molecule has 1 aromatic rings. The molecule has 4 heteroatoms. The van der Waals surface area contributed by atoms with Crippen LogP contribution in [0.2, 0.25) is 0 Å². The van der Waals surface area contributed by atoms with E-state index in [-0.39, 0.29) is 0 Å². The number of nitrogens with zero attached hydrogens (tertiary/aromatic N) is 1. The highest BCUT2D eigenvalue weighted by molar-refractivity contribution is 7.07. The third kappa shape index (κ3) is 3.12. The predicted molar refractivity (Wildman–Crippen MR) is 73.8 cm³/mol. The van der Waals surface area contributed by atoms with Gasteiger partial charge in [0.2, 0.25) is 0 Å². The van der Waals surface area contributed by atoms with Crippen LogP contribution in [0.25, 0.3) is 0 Å². The third-order valence-corrected chi connectivity index (χ3v) is 4.60. The lowest BCUT2D eigenvalue weighted by Gasteiger charge is -2.36. The Balaban J connectivity index is 1.98. The van der Waals surface area contributed by atoms with E-state index < -0.39 is 11.4 Å². The Kier molecular flexibility index (Phi) is 4.40. The quantitative estimate of drug-likeness (QED) is 0.890. The van der Waals surface area contributed by atoms with Crippen molar-refractivity contribution in [2.45, 2.75) is 38.6 Å². The van der Waals surface area contributed by atoms with Crippen LogP contribution in [-0.2, 0) is 11.3 Å². The molecule has 0 aromatic carbocycles. The van der Waals surface area contributed by atoms with Crippen LogP contribution in [0, 0.1) is 5.41 Å². The second kappa shape index (κ2) is 5.85. The van der Waals surface area contributed by atoms with Gasteiger partial charge in [0.05, 0.1) is 5.41 Å². The van der Waals surface area contributed by atoms with Crippen LogP contribution in [0.4, 0.5) is 0 Å². The molecule has 1 aliphatic carbocycles. The molecule has 3 nitrogen and oxygen atoms in total. The van der Waals surface area contributed by atoms with Crippen molar-refractivity contribution >= 4 is 17.3 Å². The van der Waals surface area contributed by atoms with Gasteiger partial charge in [-0.2, -0.15) is 11.3 Å². The summed E-state index contributed by atoms with van der Waals surface area (Å²) in [6.45, 7) is 1.51. The van der Waals surface area contributed by atoms with Crippen molar-refractivity contribution in [3.63, 3.8) is 0 Å². The van der Waals surface area contributed by atoms with Crippen molar-refractivity contribution in [1.82, 2.24) is 4.90 Å². The lowest BCUT2D eigenvalue weighted by atomic mass is 9.73. The number of thiophene rings is 1. The Bertz CT molecular complexity index is 383. The minimum atomic E-state index is -0.612. The molecule has 0 unspecified atom stereocenters.